The number of carbonyl (C=O) groups excluding carboxylic acids is 2. The summed E-state index contributed by atoms with van der Waals surface area (Å²) in [5.74, 6) is 0.416. The molecule has 0 aliphatic heterocycles. The van der Waals surface area contributed by atoms with Gasteiger partial charge in [-0.3, -0.25) is 14.9 Å². The minimum Gasteiger partial charge on any atom is -0.493 e. The summed E-state index contributed by atoms with van der Waals surface area (Å²) in [6.07, 6.45) is 0. The number of anilines is 2. The summed E-state index contributed by atoms with van der Waals surface area (Å²) in [5.41, 5.74) is 2.50. The topological polar surface area (TPSA) is 98.8 Å². The second-order valence-electron chi connectivity index (χ2n) is 6.57. The first-order valence-corrected chi connectivity index (χ1v) is 10.1. The fourth-order valence-electron chi connectivity index (χ4n) is 2.93. The Kier molecular flexibility index (Phi) is 6.76. The van der Waals surface area contributed by atoms with Crippen molar-refractivity contribution in [2.24, 2.45) is 0 Å². The Hall–Kier alpha value is -3.59. The molecule has 0 aliphatic carbocycles. The molecule has 0 atom stereocenters. The van der Waals surface area contributed by atoms with Gasteiger partial charge in [0.05, 0.1) is 27.0 Å². The van der Waals surface area contributed by atoms with Crippen molar-refractivity contribution in [3.8, 4) is 17.2 Å². The zero-order chi connectivity index (χ0) is 22.5. The van der Waals surface area contributed by atoms with E-state index in [4.69, 9.17) is 14.2 Å². The van der Waals surface area contributed by atoms with E-state index >= 15 is 0 Å². The normalized spacial score (nSPS) is 10.4. The van der Waals surface area contributed by atoms with Gasteiger partial charge in [-0.25, -0.2) is 4.98 Å². The number of hydrogen-bond donors (Lipinski definition) is 2. The first-order valence-electron chi connectivity index (χ1n) is 9.33. The number of para-hydroxylation sites is 1. The maximum Gasteiger partial charge on any atom is 0.267 e. The molecule has 2 aromatic carbocycles. The van der Waals surface area contributed by atoms with E-state index in [9.17, 15) is 9.59 Å². The molecule has 0 fully saturated rings. The van der Waals surface area contributed by atoms with Crippen LogP contribution in [-0.4, -0.2) is 38.1 Å². The van der Waals surface area contributed by atoms with Crippen LogP contribution in [0, 0.1) is 13.8 Å². The molecule has 0 saturated carbocycles. The lowest BCUT2D eigenvalue weighted by Crippen LogP contribution is -2.12. The molecule has 0 radical (unpaired) electrons. The molecule has 0 spiro atoms. The van der Waals surface area contributed by atoms with Crippen LogP contribution < -0.4 is 24.8 Å². The lowest BCUT2D eigenvalue weighted by Gasteiger charge is -2.13. The maximum atomic E-state index is 12.8. The second-order valence-corrected chi connectivity index (χ2v) is 7.57. The van der Waals surface area contributed by atoms with Crippen LogP contribution in [0.5, 0.6) is 17.2 Å². The van der Waals surface area contributed by atoms with Crippen LogP contribution >= 0.6 is 11.3 Å². The van der Waals surface area contributed by atoms with Crippen molar-refractivity contribution in [2.75, 3.05) is 32.0 Å². The van der Waals surface area contributed by atoms with Crippen molar-refractivity contribution >= 4 is 34.0 Å². The van der Waals surface area contributed by atoms with E-state index in [1.165, 1.54) is 21.3 Å². The molecule has 31 heavy (non-hydrogen) atoms. The molecule has 162 valence electrons. The number of thiazole rings is 1. The van der Waals surface area contributed by atoms with Gasteiger partial charge in [0.25, 0.3) is 11.8 Å². The van der Waals surface area contributed by atoms with E-state index in [2.05, 4.69) is 15.6 Å². The highest BCUT2D eigenvalue weighted by atomic mass is 32.1. The molecule has 1 aromatic heterocycles. The summed E-state index contributed by atoms with van der Waals surface area (Å²) in [6.45, 7) is 3.64. The molecular weight excluding hydrogens is 418 g/mol. The van der Waals surface area contributed by atoms with E-state index in [1.807, 2.05) is 31.2 Å². The summed E-state index contributed by atoms with van der Waals surface area (Å²) < 4.78 is 15.9. The summed E-state index contributed by atoms with van der Waals surface area (Å²) in [7, 11) is 4.44. The highest BCUT2D eigenvalue weighted by molar-refractivity contribution is 7.17. The Balaban J connectivity index is 1.80. The van der Waals surface area contributed by atoms with Crippen LogP contribution in [0.4, 0.5) is 10.8 Å². The van der Waals surface area contributed by atoms with E-state index in [0.717, 1.165) is 22.6 Å². The average molecular weight is 442 g/mol. The zero-order valence-corrected chi connectivity index (χ0v) is 18.7. The van der Waals surface area contributed by atoms with Gasteiger partial charge in [0.1, 0.15) is 4.88 Å². The molecular formula is C22H23N3O5S. The number of nitrogens with one attached hydrogen (secondary N) is 2. The van der Waals surface area contributed by atoms with Crippen molar-refractivity contribution in [2.45, 2.75) is 13.8 Å². The summed E-state index contributed by atoms with van der Waals surface area (Å²) in [6, 6.07) is 10.6. The summed E-state index contributed by atoms with van der Waals surface area (Å²) in [5, 5.41) is 5.92. The first kappa shape index (κ1) is 22.1. The lowest BCUT2D eigenvalue weighted by atomic mass is 10.1. The molecule has 2 amide bonds. The highest BCUT2D eigenvalue weighted by Gasteiger charge is 2.20. The molecule has 0 bridgehead atoms. The van der Waals surface area contributed by atoms with Gasteiger partial charge < -0.3 is 19.5 Å². The molecule has 8 nitrogen and oxygen atoms in total. The van der Waals surface area contributed by atoms with Crippen LogP contribution in [0.15, 0.2) is 36.4 Å². The summed E-state index contributed by atoms with van der Waals surface area (Å²) in [4.78, 5) is 30.2. The van der Waals surface area contributed by atoms with Gasteiger partial charge in [-0.15, -0.1) is 0 Å². The molecule has 3 aromatic rings. The Bertz CT molecular complexity index is 1100. The van der Waals surface area contributed by atoms with Crippen molar-refractivity contribution in [1.29, 1.82) is 0 Å². The van der Waals surface area contributed by atoms with Crippen molar-refractivity contribution in [3.63, 3.8) is 0 Å². The monoisotopic (exact) mass is 441 g/mol. The lowest BCUT2D eigenvalue weighted by molar-refractivity contribution is 0.101. The number of hydrogen-bond acceptors (Lipinski definition) is 7. The number of carbonyl (C=O) groups is 2. The SMILES string of the molecule is COc1cc(C(=O)Nc2nc(C)c(C(=O)Nc3ccccc3C)s2)cc(OC)c1OC. The number of aromatic nitrogens is 1. The number of ether oxygens (including phenoxy) is 3. The van der Waals surface area contributed by atoms with Gasteiger partial charge in [-0.1, -0.05) is 29.5 Å². The van der Waals surface area contributed by atoms with Gasteiger partial charge >= 0.3 is 0 Å². The largest absolute Gasteiger partial charge is 0.493 e. The molecule has 0 unspecified atom stereocenters. The molecule has 3 rings (SSSR count). The predicted molar refractivity (Wildman–Crippen MR) is 120 cm³/mol. The van der Waals surface area contributed by atoms with Crippen LogP contribution in [0.1, 0.15) is 31.3 Å². The van der Waals surface area contributed by atoms with Gasteiger partial charge in [0.2, 0.25) is 5.75 Å². The van der Waals surface area contributed by atoms with Crippen molar-refractivity contribution in [1.82, 2.24) is 4.98 Å². The smallest absolute Gasteiger partial charge is 0.267 e. The van der Waals surface area contributed by atoms with Gasteiger partial charge in [-0.05, 0) is 37.6 Å². The Morgan fingerprint density at radius 1 is 0.903 bits per heavy atom. The third-order valence-corrected chi connectivity index (χ3v) is 5.62. The number of rotatable bonds is 7. The van der Waals surface area contributed by atoms with Crippen molar-refractivity contribution < 1.29 is 23.8 Å². The maximum absolute atomic E-state index is 12.8. The van der Waals surface area contributed by atoms with Crippen molar-refractivity contribution in [3.05, 3.63) is 58.1 Å². The molecule has 9 heteroatoms. The number of amides is 2. The van der Waals surface area contributed by atoms with E-state index < -0.39 is 5.91 Å². The first-order chi connectivity index (χ1) is 14.9. The fourth-order valence-corrected chi connectivity index (χ4v) is 3.79. The van der Waals surface area contributed by atoms with Crippen LogP contribution in [-0.2, 0) is 0 Å². The average Bonchev–Trinajstić information content (AvgIpc) is 3.14. The molecule has 2 N–H and O–H groups in total. The van der Waals surface area contributed by atoms with Crippen LogP contribution in [0.25, 0.3) is 0 Å². The Morgan fingerprint density at radius 2 is 1.55 bits per heavy atom. The molecule has 1 heterocycles. The number of benzene rings is 2. The number of nitrogens with zero attached hydrogens (tertiary/aromatic N) is 1. The molecule has 0 saturated heterocycles. The van der Waals surface area contributed by atoms with Gasteiger partial charge in [-0.2, -0.15) is 0 Å². The summed E-state index contributed by atoms with van der Waals surface area (Å²) >= 11 is 1.10. The number of methoxy groups -OCH3 is 3. The Labute approximate surface area is 184 Å². The standard InChI is InChI=1S/C22H23N3O5S/c1-12-8-6-7-9-15(12)24-21(27)19-13(2)23-22(31-19)25-20(26)14-10-16(28-3)18(30-5)17(11-14)29-4/h6-11H,1-5H3,(H,24,27)(H,23,25,26). The van der Waals surface area contributed by atoms with Crippen LogP contribution in [0.2, 0.25) is 0 Å². The third kappa shape index (κ3) is 4.77. The van der Waals surface area contributed by atoms with Gasteiger partial charge in [0.15, 0.2) is 16.6 Å². The third-order valence-electron chi connectivity index (χ3n) is 4.54. The second kappa shape index (κ2) is 9.48. The van der Waals surface area contributed by atoms with E-state index in [0.29, 0.717) is 38.5 Å². The van der Waals surface area contributed by atoms with E-state index in [-0.39, 0.29) is 5.91 Å². The Morgan fingerprint density at radius 3 is 2.13 bits per heavy atom. The highest BCUT2D eigenvalue weighted by Crippen LogP contribution is 2.38. The predicted octanol–water partition coefficient (Wildman–Crippen LogP) is 4.29. The minimum absolute atomic E-state index is 0.280. The zero-order valence-electron chi connectivity index (χ0n) is 17.9. The fraction of sp³-hybridized carbons (Fsp3) is 0.227. The van der Waals surface area contributed by atoms with Gasteiger partial charge in [0, 0.05) is 11.3 Å². The molecule has 0 aliphatic rings. The number of aryl methyl sites for hydroxylation is 2. The minimum atomic E-state index is -0.418. The van der Waals surface area contributed by atoms with E-state index in [1.54, 1.807) is 19.1 Å². The van der Waals surface area contributed by atoms with Crippen LogP contribution in [0.3, 0.4) is 0 Å². The quantitative estimate of drug-likeness (QED) is 0.568.